The van der Waals surface area contributed by atoms with Gasteiger partial charge in [-0.05, 0) is 35.2 Å². The molecule has 0 spiro atoms. The Morgan fingerprint density at radius 3 is 2.79 bits per heavy atom. The van der Waals surface area contributed by atoms with Crippen LogP contribution in [0.25, 0.3) is 0 Å². The van der Waals surface area contributed by atoms with E-state index in [0.717, 1.165) is 6.42 Å². The SMILES string of the molecule is OCc1ccc(OCC2Cc3ccccc32)c(F)c1. The standard InChI is InChI=1S/C16H15FO2/c17-15-7-11(9-18)5-6-16(15)19-10-13-8-12-3-1-2-4-14(12)13/h1-7,13,18H,8-10H2. The van der Waals surface area contributed by atoms with Crippen LogP contribution in [0, 0.1) is 5.82 Å². The first-order chi connectivity index (χ1) is 9.28. The van der Waals surface area contributed by atoms with Gasteiger partial charge in [0.15, 0.2) is 11.6 Å². The molecule has 2 aromatic rings. The molecular formula is C16H15FO2. The molecule has 0 amide bonds. The molecule has 2 aromatic carbocycles. The van der Waals surface area contributed by atoms with E-state index in [2.05, 4.69) is 12.1 Å². The molecule has 1 aliphatic rings. The van der Waals surface area contributed by atoms with E-state index in [-0.39, 0.29) is 12.4 Å². The number of ether oxygens (including phenoxy) is 1. The maximum absolute atomic E-state index is 13.7. The lowest BCUT2D eigenvalue weighted by molar-refractivity contribution is 0.261. The zero-order valence-corrected chi connectivity index (χ0v) is 10.5. The molecule has 2 nitrogen and oxygen atoms in total. The Bertz CT molecular complexity index is 595. The van der Waals surface area contributed by atoms with Gasteiger partial charge in [0.2, 0.25) is 0 Å². The Morgan fingerprint density at radius 1 is 1.21 bits per heavy atom. The van der Waals surface area contributed by atoms with Gasteiger partial charge in [0.05, 0.1) is 13.2 Å². The highest BCUT2D eigenvalue weighted by molar-refractivity contribution is 5.40. The van der Waals surface area contributed by atoms with E-state index in [0.29, 0.717) is 18.1 Å². The summed E-state index contributed by atoms with van der Waals surface area (Å²) < 4.78 is 19.2. The molecule has 0 aliphatic heterocycles. The first kappa shape index (κ1) is 12.2. The minimum absolute atomic E-state index is 0.160. The number of aliphatic hydroxyl groups excluding tert-OH is 1. The van der Waals surface area contributed by atoms with Gasteiger partial charge in [-0.3, -0.25) is 0 Å². The van der Waals surface area contributed by atoms with Gasteiger partial charge < -0.3 is 9.84 Å². The monoisotopic (exact) mass is 258 g/mol. The van der Waals surface area contributed by atoms with E-state index in [9.17, 15) is 4.39 Å². The highest BCUT2D eigenvalue weighted by Gasteiger charge is 2.26. The first-order valence-electron chi connectivity index (χ1n) is 6.38. The summed E-state index contributed by atoms with van der Waals surface area (Å²) >= 11 is 0. The summed E-state index contributed by atoms with van der Waals surface area (Å²) in [5.74, 6) is 0.189. The molecule has 3 rings (SSSR count). The van der Waals surface area contributed by atoms with Crippen LogP contribution in [0.3, 0.4) is 0 Å². The third-order valence-electron chi connectivity index (χ3n) is 3.58. The van der Waals surface area contributed by atoms with Crippen LogP contribution in [-0.2, 0) is 13.0 Å². The summed E-state index contributed by atoms with van der Waals surface area (Å²) in [6.07, 6.45) is 0.993. The third-order valence-corrected chi connectivity index (χ3v) is 3.58. The van der Waals surface area contributed by atoms with E-state index in [1.54, 1.807) is 12.1 Å². The molecule has 0 bridgehead atoms. The fourth-order valence-electron chi connectivity index (χ4n) is 2.46. The Morgan fingerprint density at radius 2 is 2.05 bits per heavy atom. The van der Waals surface area contributed by atoms with Gasteiger partial charge >= 0.3 is 0 Å². The minimum Gasteiger partial charge on any atom is -0.490 e. The van der Waals surface area contributed by atoms with E-state index in [4.69, 9.17) is 9.84 Å². The van der Waals surface area contributed by atoms with E-state index in [1.807, 2.05) is 12.1 Å². The second kappa shape index (κ2) is 5.02. The Hall–Kier alpha value is -1.87. The molecule has 1 unspecified atom stereocenters. The average molecular weight is 258 g/mol. The van der Waals surface area contributed by atoms with Crippen molar-refractivity contribution in [2.24, 2.45) is 0 Å². The van der Waals surface area contributed by atoms with Crippen LogP contribution in [0.5, 0.6) is 5.75 Å². The second-order valence-corrected chi connectivity index (χ2v) is 4.83. The topological polar surface area (TPSA) is 29.5 Å². The molecule has 98 valence electrons. The Balaban J connectivity index is 1.65. The number of aliphatic hydroxyl groups is 1. The average Bonchev–Trinajstić information content (AvgIpc) is 2.41. The van der Waals surface area contributed by atoms with Crippen molar-refractivity contribution in [1.82, 2.24) is 0 Å². The molecule has 0 aromatic heterocycles. The van der Waals surface area contributed by atoms with Crippen molar-refractivity contribution in [2.45, 2.75) is 18.9 Å². The van der Waals surface area contributed by atoms with Gasteiger partial charge in [-0.15, -0.1) is 0 Å². The van der Waals surface area contributed by atoms with E-state index in [1.165, 1.54) is 17.2 Å². The predicted octanol–water partition coefficient (Wildman–Crippen LogP) is 3.04. The molecule has 0 radical (unpaired) electrons. The quantitative estimate of drug-likeness (QED) is 0.913. The number of rotatable bonds is 4. The number of hydrogen-bond donors (Lipinski definition) is 1. The third kappa shape index (κ3) is 2.34. The van der Waals surface area contributed by atoms with Gasteiger partial charge in [-0.25, -0.2) is 4.39 Å². The fourth-order valence-corrected chi connectivity index (χ4v) is 2.46. The fraction of sp³-hybridized carbons (Fsp3) is 0.250. The zero-order valence-electron chi connectivity index (χ0n) is 10.5. The van der Waals surface area contributed by atoms with Crippen molar-refractivity contribution in [2.75, 3.05) is 6.61 Å². The normalized spacial score (nSPS) is 16.6. The van der Waals surface area contributed by atoms with Gasteiger partial charge in [0, 0.05) is 5.92 Å². The molecule has 1 atom stereocenters. The summed E-state index contributed by atoms with van der Waals surface area (Å²) in [7, 11) is 0. The smallest absolute Gasteiger partial charge is 0.165 e. The molecular weight excluding hydrogens is 243 g/mol. The number of halogens is 1. The lowest BCUT2D eigenvalue weighted by atomic mass is 9.78. The van der Waals surface area contributed by atoms with Gasteiger partial charge in [0.1, 0.15) is 0 Å². The number of benzene rings is 2. The highest BCUT2D eigenvalue weighted by Crippen LogP contribution is 2.35. The van der Waals surface area contributed by atoms with Crippen LogP contribution in [0.2, 0.25) is 0 Å². The zero-order chi connectivity index (χ0) is 13.2. The molecule has 1 N–H and O–H groups in total. The van der Waals surface area contributed by atoms with Crippen molar-refractivity contribution >= 4 is 0 Å². The van der Waals surface area contributed by atoms with E-state index < -0.39 is 5.82 Å². The Labute approximate surface area is 111 Å². The van der Waals surface area contributed by atoms with Crippen molar-refractivity contribution in [3.05, 3.63) is 65.0 Å². The van der Waals surface area contributed by atoms with Crippen LogP contribution in [-0.4, -0.2) is 11.7 Å². The molecule has 0 heterocycles. The second-order valence-electron chi connectivity index (χ2n) is 4.83. The lowest BCUT2D eigenvalue weighted by Crippen LogP contribution is -2.23. The van der Waals surface area contributed by atoms with Crippen molar-refractivity contribution in [1.29, 1.82) is 0 Å². The summed E-state index contributed by atoms with van der Waals surface area (Å²) in [5.41, 5.74) is 3.21. The highest BCUT2D eigenvalue weighted by atomic mass is 19.1. The van der Waals surface area contributed by atoms with Crippen LogP contribution < -0.4 is 4.74 Å². The van der Waals surface area contributed by atoms with Crippen LogP contribution >= 0.6 is 0 Å². The Kier molecular flexibility index (Phi) is 3.22. The molecule has 1 aliphatic carbocycles. The molecule has 0 saturated carbocycles. The van der Waals surface area contributed by atoms with E-state index >= 15 is 0 Å². The van der Waals surface area contributed by atoms with Gasteiger partial charge in [0.25, 0.3) is 0 Å². The maximum atomic E-state index is 13.7. The minimum atomic E-state index is -0.417. The number of fused-ring (bicyclic) bond motifs is 1. The van der Waals surface area contributed by atoms with Crippen LogP contribution in [0.1, 0.15) is 22.6 Å². The molecule has 0 saturated heterocycles. The van der Waals surface area contributed by atoms with Crippen LogP contribution in [0.4, 0.5) is 4.39 Å². The largest absolute Gasteiger partial charge is 0.490 e. The molecule has 3 heteroatoms. The van der Waals surface area contributed by atoms with Crippen molar-refractivity contribution in [3.8, 4) is 5.75 Å². The summed E-state index contributed by atoms with van der Waals surface area (Å²) in [4.78, 5) is 0. The van der Waals surface area contributed by atoms with Crippen molar-refractivity contribution in [3.63, 3.8) is 0 Å². The summed E-state index contributed by atoms with van der Waals surface area (Å²) in [5, 5.41) is 8.92. The van der Waals surface area contributed by atoms with Gasteiger partial charge in [-0.2, -0.15) is 0 Å². The molecule has 0 fully saturated rings. The predicted molar refractivity (Wildman–Crippen MR) is 70.7 cm³/mol. The molecule has 19 heavy (non-hydrogen) atoms. The van der Waals surface area contributed by atoms with Gasteiger partial charge in [-0.1, -0.05) is 30.3 Å². The maximum Gasteiger partial charge on any atom is 0.165 e. The number of hydrogen-bond acceptors (Lipinski definition) is 2. The van der Waals surface area contributed by atoms with Crippen molar-refractivity contribution < 1.29 is 14.2 Å². The summed E-state index contributed by atoms with van der Waals surface area (Å²) in [6, 6.07) is 12.8. The first-order valence-corrected chi connectivity index (χ1v) is 6.38. The van der Waals surface area contributed by atoms with Crippen LogP contribution in [0.15, 0.2) is 42.5 Å². The lowest BCUT2D eigenvalue weighted by Gasteiger charge is -2.29. The summed E-state index contributed by atoms with van der Waals surface area (Å²) in [6.45, 7) is 0.333.